The molecule has 0 saturated carbocycles. The van der Waals surface area contributed by atoms with Gasteiger partial charge in [-0.15, -0.1) is 0 Å². The maximum atomic E-state index is 12.8. The molecule has 31 heavy (non-hydrogen) atoms. The van der Waals surface area contributed by atoms with Gasteiger partial charge in [0.05, 0.1) is 20.1 Å². The van der Waals surface area contributed by atoms with E-state index in [2.05, 4.69) is 22.3 Å². The van der Waals surface area contributed by atoms with Crippen LogP contribution in [0.5, 0.6) is 11.5 Å². The van der Waals surface area contributed by atoms with Crippen molar-refractivity contribution in [3.8, 4) is 11.5 Å². The number of amides is 2. The third-order valence-corrected chi connectivity index (χ3v) is 6.03. The number of hydrogen-bond donors (Lipinski definition) is 1. The third-order valence-electron chi connectivity index (χ3n) is 6.03. The van der Waals surface area contributed by atoms with Crippen molar-refractivity contribution in [3.63, 3.8) is 0 Å². The Balaban J connectivity index is 1.39. The smallest absolute Gasteiger partial charge is 0.229 e. The molecule has 0 radical (unpaired) electrons. The van der Waals surface area contributed by atoms with Gasteiger partial charge < -0.3 is 24.6 Å². The van der Waals surface area contributed by atoms with Gasteiger partial charge in [0.15, 0.2) is 11.5 Å². The summed E-state index contributed by atoms with van der Waals surface area (Å²) >= 11 is 0. The highest BCUT2D eigenvalue weighted by atomic mass is 16.5. The van der Waals surface area contributed by atoms with Gasteiger partial charge in [0.1, 0.15) is 0 Å². The second kappa shape index (κ2) is 9.29. The number of methoxy groups -OCH3 is 2. The summed E-state index contributed by atoms with van der Waals surface area (Å²) in [6.07, 6.45) is 3.94. The Morgan fingerprint density at radius 3 is 2.29 bits per heavy atom. The lowest BCUT2D eigenvalue weighted by atomic mass is 10.1. The van der Waals surface area contributed by atoms with Crippen molar-refractivity contribution in [2.75, 3.05) is 49.0 Å². The molecule has 1 atom stereocenters. The van der Waals surface area contributed by atoms with Crippen molar-refractivity contribution in [1.29, 1.82) is 0 Å². The molecule has 2 aliphatic heterocycles. The van der Waals surface area contributed by atoms with E-state index in [1.54, 1.807) is 37.3 Å². The quantitative estimate of drug-likeness (QED) is 0.767. The molecule has 2 aromatic rings. The lowest BCUT2D eigenvalue weighted by Gasteiger charge is -2.28. The van der Waals surface area contributed by atoms with E-state index in [1.165, 1.54) is 24.9 Å². The van der Waals surface area contributed by atoms with Crippen LogP contribution in [0.25, 0.3) is 0 Å². The second-order valence-corrected chi connectivity index (χ2v) is 8.03. The molecule has 2 amide bonds. The van der Waals surface area contributed by atoms with E-state index in [-0.39, 0.29) is 18.2 Å². The Morgan fingerprint density at radius 1 is 0.935 bits per heavy atom. The summed E-state index contributed by atoms with van der Waals surface area (Å²) in [5.74, 6) is 0.534. The van der Waals surface area contributed by atoms with Crippen LogP contribution in [0.1, 0.15) is 25.7 Å². The van der Waals surface area contributed by atoms with Crippen molar-refractivity contribution >= 4 is 28.9 Å². The van der Waals surface area contributed by atoms with E-state index in [0.717, 1.165) is 18.8 Å². The molecule has 7 heteroatoms. The summed E-state index contributed by atoms with van der Waals surface area (Å²) < 4.78 is 10.6. The molecule has 2 aromatic carbocycles. The molecule has 4 rings (SSSR count). The van der Waals surface area contributed by atoms with Crippen LogP contribution in [0, 0.1) is 5.92 Å². The van der Waals surface area contributed by atoms with Gasteiger partial charge >= 0.3 is 0 Å². The van der Waals surface area contributed by atoms with E-state index >= 15 is 0 Å². The summed E-state index contributed by atoms with van der Waals surface area (Å²) in [6, 6.07) is 13.3. The lowest BCUT2D eigenvalue weighted by molar-refractivity contribution is -0.122. The molecule has 0 aromatic heterocycles. The maximum absolute atomic E-state index is 12.8. The first-order valence-electron chi connectivity index (χ1n) is 10.8. The van der Waals surface area contributed by atoms with Gasteiger partial charge in [-0.05, 0) is 55.7 Å². The molecular weight excluding hydrogens is 394 g/mol. The van der Waals surface area contributed by atoms with Gasteiger partial charge in [-0.3, -0.25) is 9.59 Å². The van der Waals surface area contributed by atoms with Crippen LogP contribution in [0.3, 0.4) is 0 Å². The number of hydrogen-bond acceptors (Lipinski definition) is 5. The zero-order chi connectivity index (χ0) is 21.8. The fraction of sp³-hybridized carbons (Fsp3) is 0.417. The molecule has 164 valence electrons. The number of anilines is 3. The Bertz CT molecular complexity index is 938. The highest BCUT2D eigenvalue weighted by Gasteiger charge is 2.35. The first-order valence-corrected chi connectivity index (χ1v) is 10.8. The van der Waals surface area contributed by atoms with Gasteiger partial charge in [0.25, 0.3) is 0 Å². The van der Waals surface area contributed by atoms with E-state index < -0.39 is 5.92 Å². The average molecular weight is 424 g/mol. The first-order chi connectivity index (χ1) is 15.1. The molecule has 2 heterocycles. The van der Waals surface area contributed by atoms with Gasteiger partial charge in [-0.2, -0.15) is 0 Å². The molecule has 1 unspecified atom stereocenters. The number of carbonyl (C=O) groups excluding carboxylic acids is 2. The maximum Gasteiger partial charge on any atom is 0.229 e. The van der Waals surface area contributed by atoms with Crippen LogP contribution >= 0.6 is 0 Å². The molecule has 0 spiro atoms. The van der Waals surface area contributed by atoms with Gasteiger partial charge in [0, 0.05) is 49.2 Å². The molecule has 7 nitrogen and oxygen atoms in total. The highest BCUT2D eigenvalue weighted by molar-refractivity contribution is 6.03. The number of ether oxygens (including phenoxy) is 2. The minimum atomic E-state index is -0.401. The van der Waals surface area contributed by atoms with Crippen LogP contribution in [0.2, 0.25) is 0 Å². The van der Waals surface area contributed by atoms with Gasteiger partial charge in [0.2, 0.25) is 11.8 Å². The zero-order valence-corrected chi connectivity index (χ0v) is 18.1. The molecule has 0 aliphatic carbocycles. The lowest BCUT2D eigenvalue weighted by Crippen LogP contribution is -2.29. The van der Waals surface area contributed by atoms with Crippen molar-refractivity contribution in [2.24, 2.45) is 5.92 Å². The molecular formula is C24H29N3O4. The monoisotopic (exact) mass is 423 g/mol. The summed E-state index contributed by atoms with van der Waals surface area (Å²) in [5.41, 5.74) is 2.64. The van der Waals surface area contributed by atoms with E-state index in [1.807, 2.05) is 12.1 Å². The number of rotatable bonds is 6. The molecule has 2 aliphatic rings. The number of nitrogens with one attached hydrogen (secondary N) is 1. The second-order valence-electron chi connectivity index (χ2n) is 8.03. The topological polar surface area (TPSA) is 71.1 Å². The summed E-state index contributed by atoms with van der Waals surface area (Å²) in [4.78, 5) is 29.4. The number of piperidine rings is 1. The van der Waals surface area contributed by atoms with Crippen LogP contribution in [0.4, 0.5) is 17.1 Å². The van der Waals surface area contributed by atoms with Crippen molar-refractivity contribution in [1.82, 2.24) is 0 Å². The Morgan fingerprint density at radius 2 is 1.61 bits per heavy atom. The fourth-order valence-corrected chi connectivity index (χ4v) is 4.28. The summed E-state index contributed by atoms with van der Waals surface area (Å²) in [6.45, 7) is 2.51. The van der Waals surface area contributed by atoms with E-state index in [0.29, 0.717) is 23.7 Å². The van der Waals surface area contributed by atoms with Crippen molar-refractivity contribution in [2.45, 2.75) is 25.7 Å². The van der Waals surface area contributed by atoms with Crippen molar-refractivity contribution in [3.05, 3.63) is 42.5 Å². The molecule has 2 saturated heterocycles. The van der Waals surface area contributed by atoms with Crippen LogP contribution in [-0.4, -0.2) is 45.7 Å². The third kappa shape index (κ3) is 4.60. The Labute approximate surface area is 182 Å². The molecule has 2 fully saturated rings. The fourth-order valence-electron chi connectivity index (χ4n) is 4.28. The van der Waals surface area contributed by atoms with E-state index in [4.69, 9.17) is 9.47 Å². The highest BCUT2D eigenvalue weighted by Crippen LogP contribution is 2.34. The normalized spacial score (nSPS) is 18.8. The summed E-state index contributed by atoms with van der Waals surface area (Å²) in [7, 11) is 3.12. The minimum absolute atomic E-state index is 0.0761. The first kappa shape index (κ1) is 21.0. The number of carbonyl (C=O) groups is 2. The van der Waals surface area contributed by atoms with E-state index in [9.17, 15) is 9.59 Å². The average Bonchev–Trinajstić information content (AvgIpc) is 3.21. The number of nitrogens with zero attached hydrogens (tertiary/aromatic N) is 2. The predicted octanol–water partition coefficient (Wildman–Crippen LogP) is 3.69. The van der Waals surface area contributed by atoms with Gasteiger partial charge in [-0.25, -0.2) is 0 Å². The Hall–Kier alpha value is -3.22. The largest absolute Gasteiger partial charge is 0.493 e. The standard InChI is InChI=1S/C24H29N3O4/c1-30-21-11-10-20(15-22(21)31-2)27-16-17(14-23(27)28)24(29)25-18-6-8-19(9-7-18)26-12-4-3-5-13-26/h6-11,15,17H,3-5,12-14,16H2,1-2H3,(H,25,29). The summed E-state index contributed by atoms with van der Waals surface area (Å²) in [5, 5.41) is 2.97. The number of benzene rings is 2. The van der Waals surface area contributed by atoms with Crippen LogP contribution in [-0.2, 0) is 9.59 Å². The zero-order valence-electron chi connectivity index (χ0n) is 18.1. The van der Waals surface area contributed by atoms with Crippen molar-refractivity contribution < 1.29 is 19.1 Å². The molecule has 0 bridgehead atoms. The van der Waals surface area contributed by atoms with Crippen LogP contribution < -0.4 is 24.6 Å². The SMILES string of the molecule is COc1ccc(N2CC(C(=O)Nc3ccc(N4CCCCC4)cc3)CC2=O)cc1OC. The van der Waals surface area contributed by atoms with Gasteiger partial charge in [-0.1, -0.05) is 0 Å². The Kier molecular flexibility index (Phi) is 6.30. The van der Waals surface area contributed by atoms with Crippen LogP contribution in [0.15, 0.2) is 42.5 Å². The minimum Gasteiger partial charge on any atom is -0.493 e. The molecule has 1 N–H and O–H groups in total. The predicted molar refractivity (Wildman–Crippen MR) is 121 cm³/mol.